The smallest absolute Gasteiger partial charge is 0.0406 e. The Morgan fingerprint density at radius 1 is 1.10 bits per heavy atom. The molecule has 2 heteroatoms. The zero-order chi connectivity index (χ0) is 15.3. The van der Waals surface area contributed by atoms with Crippen LogP contribution in [0.25, 0.3) is 0 Å². The summed E-state index contributed by atoms with van der Waals surface area (Å²) in [5.41, 5.74) is 1.62. The lowest BCUT2D eigenvalue weighted by atomic mass is 9.77. The molecule has 0 amide bonds. The average Bonchev–Trinajstić information content (AvgIpc) is 2.45. The summed E-state index contributed by atoms with van der Waals surface area (Å²) in [5.74, 6) is 1.62. The van der Waals surface area contributed by atoms with Crippen LogP contribution >= 0.6 is 11.6 Å². The Balaban J connectivity index is 2.01. The van der Waals surface area contributed by atoms with Gasteiger partial charge in [-0.2, -0.15) is 0 Å². The van der Waals surface area contributed by atoms with Crippen molar-refractivity contribution in [3.8, 4) is 0 Å². The maximum absolute atomic E-state index is 6.01. The van der Waals surface area contributed by atoms with E-state index in [0.29, 0.717) is 0 Å². The van der Waals surface area contributed by atoms with Gasteiger partial charge < -0.3 is 5.32 Å². The molecule has 1 N–H and O–H groups in total. The molecular weight excluding hydrogens is 278 g/mol. The van der Waals surface area contributed by atoms with E-state index in [-0.39, 0.29) is 5.54 Å². The predicted molar refractivity (Wildman–Crippen MR) is 93.0 cm³/mol. The first-order valence-corrected chi connectivity index (χ1v) is 8.81. The van der Waals surface area contributed by atoms with Crippen LogP contribution in [0.5, 0.6) is 0 Å². The summed E-state index contributed by atoms with van der Waals surface area (Å²) in [6.07, 6.45) is 8.24. The molecule has 1 aliphatic carbocycles. The summed E-state index contributed by atoms with van der Waals surface area (Å²) in [7, 11) is 0. The molecule has 1 fully saturated rings. The second-order valence-corrected chi connectivity index (χ2v) is 8.06. The Morgan fingerprint density at radius 2 is 1.71 bits per heavy atom. The first kappa shape index (κ1) is 16.8. The van der Waals surface area contributed by atoms with Crippen LogP contribution < -0.4 is 5.32 Å². The Kier molecular flexibility index (Phi) is 6.13. The minimum Gasteiger partial charge on any atom is -0.312 e. The van der Waals surface area contributed by atoms with Gasteiger partial charge in [-0.1, -0.05) is 55.8 Å². The Bertz CT molecular complexity index is 412. The highest BCUT2D eigenvalue weighted by Gasteiger charge is 2.25. The van der Waals surface area contributed by atoms with Crippen LogP contribution in [0.1, 0.15) is 58.4 Å². The molecule has 21 heavy (non-hydrogen) atoms. The minimum atomic E-state index is 0.201. The molecule has 1 saturated carbocycles. The third-order valence-electron chi connectivity index (χ3n) is 4.62. The molecule has 1 atom stereocenters. The van der Waals surface area contributed by atoms with Crippen LogP contribution in [0, 0.1) is 11.8 Å². The van der Waals surface area contributed by atoms with Gasteiger partial charge >= 0.3 is 0 Å². The maximum Gasteiger partial charge on any atom is 0.0406 e. The van der Waals surface area contributed by atoms with Crippen LogP contribution in [0.4, 0.5) is 0 Å². The van der Waals surface area contributed by atoms with Gasteiger partial charge in [0.15, 0.2) is 0 Å². The molecule has 2 rings (SSSR count). The van der Waals surface area contributed by atoms with Crippen LogP contribution in [-0.4, -0.2) is 12.1 Å². The standard InChI is InChI=1S/C19H30ClN/c1-19(2,3)21-14-17(16-7-5-4-6-8-16)13-15-9-11-18(20)12-10-15/h9-12,16-17,21H,4-8,13-14H2,1-3H3. The molecule has 1 aromatic carbocycles. The molecule has 1 aliphatic rings. The number of hydrogen-bond acceptors (Lipinski definition) is 1. The first-order valence-electron chi connectivity index (χ1n) is 8.43. The van der Waals surface area contributed by atoms with Crippen molar-refractivity contribution in [2.75, 3.05) is 6.54 Å². The maximum atomic E-state index is 6.01. The fourth-order valence-corrected chi connectivity index (χ4v) is 3.50. The van der Waals surface area contributed by atoms with Gasteiger partial charge in [0.2, 0.25) is 0 Å². The molecule has 1 unspecified atom stereocenters. The van der Waals surface area contributed by atoms with E-state index in [1.165, 1.54) is 44.1 Å². The molecule has 0 spiro atoms. The van der Waals surface area contributed by atoms with E-state index < -0.39 is 0 Å². The monoisotopic (exact) mass is 307 g/mol. The molecule has 0 aliphatic heterocycles. The molecule has 1 aromatic rings. The van der Waals surface area contributed by atoms with E-state index in [1.54, 1.807) is 0 Å². The first-order chi connectivity index (χ1) is 9.94. The topological polar surface area (TPSA) is 12.0 Å². The van der Waals surface area contributed by atoms with Crippen LogP contribution in [0.3, 0.4) is 0 Å². The van der Waals surface area contributed by atoms with Crippen LogP contribution in [-0.2, 0) is 6.42 Å². The highest BCUT2D eigenvalue weighted by Crippen LogP contribution is 2.32. The van der Waals surface area contributed by atoms with Gasteiger partial charge in [-0.3, -0.25) is 0 Å². The van der Waals surface area contributed by atoms with E-state index in [4.69, 9.17) is 11.6 Å². The zero-order valence-corrected chi connectivity index (χ0v) is 14.5. The zero-order valence-electron chi connectivity index (χ0n) is 13.8. The number of nitrogens with one attached hydrogen (secondary N) is 1. The molecule has 0 radical (unpaired) electrons. The van der Waals surface area contributed by atoms with Gasteiger partial charge in [-0.25, -0.2) is 0 Å². The third-order valence-corrected chi connectivity index (χ3v) is 4.87. The van der Waals surface area contributed by atoms with Crippen molar-refractivity contribution in [2.24, 2.45) is 11.8 Å². The van der Waals surface area contributed by atoms with Crippen molar-refractivity contribution in [3.63, 3.8) is 0 Å². The molecule has 0 heterocycles. The number of halogens is 1. The van der Waals surface area contributed by atoms with Gasteiger partial charge in [0.05, 0.1) is 0 Å². The van der Waals surface area contributed by atoms with E-state index in [2.05, 4.69) is 38.2 Å². The lowest BCUT2D eigenvalue weighted by Gasteiger charge is -2.33. The fourth-order valence-electron chi connectivity index (χ4n) is 3.37. The minimum absolute atomic E-state index is 0.201. The summed E-state index contributed by atoms with van der Waals surface area (Å²) in [6.45, 7) is 7.89. The van der Waals surface area contributed by atoms with E-state index in [0.717, 1.165) is 23.4 Å². The van der Waals surface area contributed by atoms with Gasteiger partial charge in [0.1, 0.15) is 0 Å². The SMILES string of the molecule is CC(C)(C)NCC(Cc1ccc(Cl)cc1)C1CCCCC1. The Hall–Kier alpha value is -0.530. The van der Waals surface area contributed by atoms with Crippen LogP contribution in [0.15, 0.2) is 24.3 Å². The van der Waals surface area contributed by atoms with Crippen molar-refractivity contribution < 1.29 is 0 Å². The van der Waals surface area contributed by atoms with Gasteiger partial charge in [-0.15, -0.1) is 0 Å². The number of benzene rings is 1. The van der Waals surface area contributed by atoms with E-state index >= 15 is 0 Å². The van der Waals surface area contributed by atoms with Crippen molar-refractivity contribution >= 4 is 11.6 Å². The lowest BCUT2D eigenvalue weighted by Crippen LogP contribution is -2.41. The molecule has 118 valence electrons. The van der Waals surface area contributed by atoms with E-state index in [9.17, 15) is 0 Å². The number of rotatable bonds is 5. The summed E-state index contributed by atoms with van der Waals surface area (Å²) in [6, 6.07) is 8.42. The largest absolute Gasteiger partial charge is 0.312 e. The lowest BCUT2D eigenvalue weighted by molar-refractivity contribution is 0.225. The van der Waals surface area contributed by atoms with Crippen molar-refractivity contribution in [1.82, 2.24) is 5.32 Å². The second-order valence-electron chi connectivity index (χ2n) is 7.62. The van der Waals surface area contributed by atoms with Crippen molar-refractivity contribution in [1.29, 1.82) is 0 Å². The van der Waals surface area contributed by atoms with Crippen molar-refractivity contribution in [2.45, 2.75) is 64.8 Å². The van der Waals surface area contributed by atoms with Gasteiger partial charge in [0, 0.05) is 10.6 Å². The van der Waals surface area contributed by atoms with Gasteiger partial charge in [0.25, 0.3) is 0 Å². The predicted octanol–water partition coefficient (Wildman–Crippen LogP) is 5.47. The molecule has 0 aromatic heterocycles. The van der Waals surface area contributed by atoms with Gasteiger partial charge in [-0.05, 0) is 63.3 Å². The quantitative estimate of drug-likeness (QED) is 0.761. The molecule has 0 saturated heterocycles. The second kappa shape index (κ2) is 7.65. The highest BCUT2D eigenvalue weighted by atomic mass is 35.5. The summed E-state index contributed by atoms with van der Waals surface area (Å²) < 4.78 is 0. The van der Waals surface area contributed by atoms with Crippen molar-refractivity contribution in [3.05, 3.63) is 34.9 Å². The summed E-state index contributed by atoms with van der Waals surface area (Å²) in [4.78, 5) is 0. The van der Waals surface area contributed by atoms with E-state index in [1.807, 2.05) is 12.1 Å². The Morgan fingerprint density at radius 3 is 2.29 bits per heavy atom. The molecular formula is C19H30ClN. The number of hydrogen-bond donors (Lipinski definition) is 1. The highest BCUT2D eigenvalue weighted by molar-refractivity contribution is 6.30. The Labute approximate surface area is 135 Å². The molecule has 0 bridgehead atoms. The summed E-state index contributed by atoms with van der Waals surface area (Å²) >= 11 is 6.01. The average molecular weight is 308 g/mol. The molecule has 1 nitrogen and oxygen atoms in total. The fraction of sp³-hybridized carbons (Fsp3) is 0.684. The third kappa shape index (κ3) is 6.00. The summed E-state index contributed by atoms with van der Waals surface area (Å²) in [5, 5.41) is 4.56. The normalized spacial score (nSPS) is 18.7. The van der Waals surface area contributed by atoms with Crippen LogP contribution in [0.2, 0.25) is 5.02 Å².